The number of aliphatic hydroxyl groups is 1. The summed E-state index contributed by atoms with van der Waals surface area (Å²) < 4.78 is 0. The molecule has 90 valence electrons. The Kier molecular flexibility index (Phi) is 4.44. The van der Waals surface area contributed by atoms with Crippen molar-refractivity contribution in [3.63, 3.8) is 0 Å². The van der Waals surface area contributed by atoms with Gasteiger partial charge >= 0.3 is 0 Å². The van der Waals surface area contributed by atoms with E-state index in [1.165, 1.54) is 11.3 Å². The molecular weight excluding hydrogens is 224 g/mol. The highest BCUT2D eigenvalue weighted by atomic mass is 32.1. The monoisotopic (exact) mass is 242 g/mol. The first-order valence-electron chi connectivity index (χ1n) is 5.32. The zero-order valence-electron chi connectivity index (χ0n) is 9.91. The van der Waals surface area contributed by atoms with Crippen LogP contribution in [0.5, 0.6) is 0 Å². The van der Waals surface area contributed by atoms with Crippen molar-refractivity contribution < 1.29 is 9.90 Å². The molecule has 1 atom stereocenters. The summed E-state index contributed by atoms with van der Waals surface area (Å²) in [7, 11) is 0. The van der Waals surface area contributed by atoms with Crippen molar-refractivity contribution >= 4 is 17.2 Å². The van der Waals surface area contributed by atoms with Crippen LogP contribution in [0.3, 0.4) is 0 Å². The Balaban J connectivity index is 2.53. The van der Waals surface area contributed by atoms with Crippen molar-refractivity contribution in [2.24, 2.45) is 0 Å². The molecule has 1 rings (SSSR count). The van der Waals surface area contributed by atoms with E-state index in [0.717, 1.165) is 10.7 Å². The van der Waals surface area contributed by atoms with E-state index in [1.807, 2.05) is 26.2 Å². The number of aromatic nitrogens is 1. The first-order chi connectivity index (χ1) is 7.49. The Labute approximate surface area is 99.7 Å². The van der Waals surface area contributed by atoms with Crippen LogP contribution in [0.2, 0.25) is 0 Å². The number of hydrogen-bond acceptors (Lipinski definition) is 4. The molecule has 4 nitrogen and oxygen atoms in total. The number of aliphatic hydroxyl groups excluding tert-OH is 1. The highest BCUT2D eigenvalue weighted by Crippen LogP contribution is 2.11. The van der Waals surface area contributed by atoms with E-state index in [1.54, 1.807) is 0 Å². The van der Waals surface area contributed by atoms with Crippen molar-refractivity contribution in [1.82, 2.24) is 10.3 Å². The number of carbonyl (C=O) groups is 1. The lowest BCUT2D eigenvalue weighted by molar-refractivity contribution is -0.122. The molecule has 16 heavy (non-hydrogen) atoms. The summed E-state index contributed by atoms with van der Waals surface area (Å²) in [5, 5.41) is 14.8. The predicted octanol–water partition coefficient (Wildman–Crippen LogP) is 1.27. The summed E-state index contributed by atoms with van der Waals surface area (Å²) in [6.45, 7) is 5.63. The fourth-order valence-electron chi connectivity index (χ4n) is 1.27. The van der Waals surface area contributed by atoms with Gasteiger partial charge in [-0.3, -0.25) is 4.79 Å². The fourth-order valence-corrected chi connectivity index (χ4v) is 1.89. The zero-order valence-corrected chi connectivity index (χ0v) is 10.7. The van der Waals surface area contributed by atoms with E-state index in [0.29, 0.717) is 6.42 Å². The van der Waals surface area contributed by atoms with Crippen LogP contribution < -0.4 is 5.32 Å². The average Bonchev–Trinajstić information content (AvgIpc) is 2.63. The average molecular weight is 242 g/mol. The van der Waals surface area contributed by atoms with Gasteiger partial charge in [0, 0.05) is 5.38 Å². The minimum atomic E-state index is -0.526. The first kappa shape index (κ1) is 13.1. The quantitative estimate of drug-likeness (QED) is 0.817. The smallest absolute Gasteiger partial charge is 0.226 e. The number of amides is 1. The maximum absolute atomic E-state index is 11.7. The van der Waals surface area contributed by atoms with Crippen molar-refractivity contribution in [2.45, 2.75) is 39.2 Å². The maximum Gasteiger partial charge on any atom is 0.226 e. The second-order valence-corrected chi connectivity index (χ2v) is 5.22. The summed E-state index contributed by atoms with van der Waals surface area (Å²) in [5.74, 6) is -0.0938. The van der Waals surface area contributed by atoms with Gasteiger partial charge in [0.1, 0.15) is 0 Å². The molecule has 1 aromatic rings. The van der Waals surface area contributed by atoms with E-state index < -0.39 is 5.54 Å². The van der Waals surface area contributed by atoms with Gasteiger partial charge < -0.3 is 10.4 Å². The summed E-state index contributed by atoms with van der Waals surface area (Å²) in [6, 6.07) is 0. The van der Waals surface area contributed by atoms with Gasteiger partial charge in [-0.15, -0.1) is 11.3 Å². The minimum Gasteiger partial charge on any atom is -0.394 e. The van der Waals surface area contributed by atoms with Crippen molar-refractivity contribution in [3.05, 3.63) is 16.1 Å². The normalized spacial score (nSPS) is 14.5. The molecule has 0 radical (unpaired) electrons. The Hall–Kier alpha value is -0.940. The fraction of sp³-hybridized carbons (Fsp3) is 0.636. The van der Waals surface area contributed by atoms with Crippen LogP contribution in [0.4, 0.5) is 0 Å². The second kappa shape index (κ2) is 5.41. The largest absolute Gasteiger partial charge is 0.394 e. The number of nitrogens with one attached hydrogen (secondary N) is 1. The Morgan fingerprint density at radius 2 is 2.38 bits per heavy atom. The highest BCUT2D eigenvalue weighted by molar-refractivity contribution is 7.09. The third-order valence-electron chi connectivity index (χ3n) is 2.58. The van der Waals surface area contributed by atoms with Crippen molar-refractivity contribution in [2.75, 3.05) is 6.61 Å². The molecule has 2 N–H and O–H groups in total. The van der Waals surface area contributed by atoms with Crippen LogP contribution in [0.15, 0.2) is 5.38 Å². The summed E-state index contributed by atoms with van der Waals surface area (Å²) >= 11 is 1.54. The van der Waals surface area contributed by atoms with E-state index in [2.05, 4.69) is 10.3 Å². The predicted molar refractivity (Wildman–Crippen MR) is 64.5 cm³/mol. The second-order valence-electron chi connectivity index (χ2n) is 4.16. The molecule has 5 heteroatoms. The summed E-state index contributed by atoms with van der Waals surface area (Å²) in [6.07, 6.45) is 0.977. The standard InChI is InChI=1S/C11H18N2O2S/c1-4-11(3,7-14)13-10(15)5-9-6-16-8(2)12-9/h6,14H,4-5,7H2,1-3H3,(H,13,15). The van der Waals surface area contributed by atoms with Gasteiger partial charge in [0.25, 0.3) is 0 Å². The topological polar surface area (TPSA) is 62.2 Å². The highest BCUT2D eigenvalue weighted by Gasteiger charge is 2.23. The Morgan fingerprint density at radius 3 is 2.81 bits per heavy atom. The summed E-state index contributed by atoms with van der Waals surface area (Å²) in [4.78, 5) is 15.9. The Bertz CT molecular complexity index is 359. The number of rotatable bonds is 5. The molecule has 0 aliphatic carbocycles. The van der Waals surface area contributed by atoms with Crippen LogP contribution in [0, 0.1) is 6.92 Å². The van der Waals surface area contributed by atoms with E-state index in [4.69, 9.17) is 0 Å². The number of thiazole rings is 1. The van der Waals surface area contributed by atoms with Gasteiger partial charge in [-0.25, -0.2) is 4.98 Å². The lowest BCUT2D eigenvalue weighted by atomic mass is 10.00. The molecule has 0 saturated carbocycles. The molecule has 1 aromatic heterocycles. The molecule has 0 spiro atoms. The molecule has 1 amide bonds. The molecule has 0 aliphatic heterocycles. The number of aryl methyl sites for hydroxylation is 1. The van der Waals surface area contributed by atoms with E-state index >= 15 is 0 Å². The summed E-state index contributed by atoms with van der Waals surface area (Å²) in [5.41, 5.74) is 0.263. The first-order valence-corrected chi connectivity index (χ1v) is 6.20. The molecule has 0 fully saturated rings. The van der Waals surface area contributed by atoms with Gasteiger partial charge in [-0.05, 0) is 20.3 Å². The van der Waals surface area contributed by atoms with Crippen LogP contribution in [-0.4, -0.2) is 28.1 Å². The lowest BCUT2D eigenvalue weighted by Gasteiger charge is -2.26. The van der Waals surface area contributed by atoms with Gasteiger partial charge in [0.05, 0.1) is 29.3 Å². The molecular formula is C11H18N2O2S. The van der Waals surface area contributed by atoms with Crippen LogP contribution in [-0.2, 0) is 11.2 Å². The molecule has 1 heterocycles. The number of carbonyl (C=O) groups excluding carboxylic acids is 1. The molecule has 1 unspecified atom stereocenters. The van der Waals surface area contributed by atoms with Gasteiger partial charge in [0.2, 0.25) is 5.91 Å². The van der Waals surface area contributed by atoms with E-state index in [9.17, 15) is 9.90 Å². The van der Waals surface area contributed by atoms with Crippen LogP contribution in [0.25, 0.3) is 0 Å². The Morgan fingerprint density at radius 1 is 1.69 bits per heavy atom. The molecule has 0 saturated heterocycles. The zero-order chi connectivity index (χ0) is 12.2. The number of nitrogens with zero attached hydrogens (tertiary/aromatic N) is 1. The maximum atomic E-state index is 11.7. The van der Waals surface area contributed by atoms with Crippen LogP contribution in [0.1, 0.15) is 31.0 Å². The van der Waals surface area contributed by atoms with Gasteiger partial charge in [-0.1, -0.05) is 6.92 Å². The van der Waals surface area contributed by atoms with Gasteiger partial charge in [0.15, 0.2) is 0 Å². The minimum absolute atomic E-state index is 0.0503. The molecule has 0 aliphatic rings. The molecule has 0 bridgehead atoms. The third kappa shape index (κ3) is 3.57. The van der Waals surface area contributed by atoms with E-state index in [-0.39, 0.29) is 18.9 Å². The lowest BCUT2D eigenvalue weighted by Crippen LogP contribution is -2.48. The van der Waals surface area contributed by atoms with Crippen molar-refractivity contribution in [1.29, 1.82) is 0 Å². The SMILES string of the molecule is CCC(C)(CO)NC(=O)Cc1csc(C)n1. The van der Waals surface area contributed by atoms with Crippen molar-refractivity contribution in [3.8, 4) is 0 Å². The third-order valence-corrected chi connectivity index (χ3v) is 3.40. The van der Waals surface area contributed by atoms with Gasteiger partial charge in [-0.2, -0.15) is 0 Å². The van der Waals surface area contributed by atoms with Crippen LogP contribution >= 0.6 is 11.3 Å². The molecule has 0 aromatic carbocycles. The number of hydrogen-bond donors (Lipinski definition) is 2.